The van der Waals surface area contributed by atoms with E-state index in [0.717, 1.165) is 13.0 Å². The molecule has 1 aliphatic carbocycles. The molecule has 14 heavy (non-hydrogen) atoms. The van der Waals surface area contributed by atoms with Gasteiger partial charge in [-0.3, -0.25) is 4.79 Å². The second-order valence-corrected chi connectivity index (χ2v) is 4.85. The summed E-state index contributed by atoms with van der Waals surface area (Å²) in [7, 11) is 1.72. The highest BCUT2D eigenvalue weighted by Gasteiger charge is 2.38. The molecule has 0 aliphatic heterocycles. The van der Waals surface area contributed by atoms with Crippen LogP contribution in [0, 0.1) is 23.7 Å². The summed E-state index contributed by atoms with van der Waals surface area (Å²) in [5.74, 6) is 1.85. The molecule has 1 fully saturated rings. The van der Waals surface area contributed by atoms with Crippen LogP contribution in [0.2, 0.25) is 0 Å². The Labute approximate surface area is 87.0 Å². The zero-order chi connectivity index (χ0) is 10.7. The fraction of sp³-hybridized carbons (Fsp3) is 0.917. The van der Waals surface area contributed by atoms with Gasteiger partial charge >= 0.3 is 0 Å². The predicted octanol–water partition coefficient (Wildman–Crippen LogP) is 2.52. The molecule has 0 aromatic rings. The van der Waals surface area contributed by atoms with E-state index in [4.69, 9.17) is 4.74 Å². The first-order valence-electron chi connectivity index (χ1n) is 5.60. The number of carbonyl (C=O) groups is 1. The van der Waals surface area contributed by atoms with Crippen molar-refractivity contribution in [2.24, 2.45) is 23.7 Å². The minimum Gasteiger partial charge on any atom is -0.384 e. The van der Waals surface area contributed by atoms with Crippen molar-refractivity contribution >= 4 is 5.78 Å². The van der Waals surface area contributed by atoms with Gasteiger partial charge in [0.1, 0.15) is 5.78 Å². The molecule has 0 aromatic carbocycles. The van der Waals surface area contributed by atoms with Gasteiger partial charge in [-0.05, 0) is 24.7 Å². The minimum atomic E-state index is 0.167. The Morgan fingerprint density at radius 2 is 2.07 bits per heavy atom. The summed E-state index contributed by atoms with van der Waals surface area (Å²) in [6, 6.07) is 0. The normalized spacial score (nSPS) is 32.5. The molecule has 2 heteroatoms. The topological polar surface area (TPSA) is 26.3 Å². The van der Waals surface area contributed by atoms with Gasteiger partial charge in [0.2, 0.25) is 0 Å². The minimum absolute atomic E-state index is 0.167. The summed E-state index contributed by atoms with van der Waals surface area (Å²) in [4.78, 5) is 12.0. The van der Waals surface area contributed by atoms with Gasteiger partial charge in [-0.2, -0.15) is 0 Å². The van der Waals surface area contributed by atoms with Crippen molar-refractivity contribution in [2.75, 3.05) is 13.7 Å². The molecule has 0 bridgehead atoms. The van der Waals surface area contributed by atoms with Gasteiger partial charge in [0.25, 0.3) is 0 Å². The van der Waals surface area contributed by atoms with Crippen molar-refractivity contribution in [3.05, 3.63) is 0 Å². The number of carbonyl (C=O) groups excluding carboxylic acids is 1. The SMILES string of the molecule is COCC1CCC(C)C1C(=O)C(C)C. The van der Waals surface area contributed by atoms with Crippen LogP contribution < -0.4 is 0 Å². The number of ketones is 1. The van der Waals surface area contributed by atoms with E-state index in [2.05, 4.69) is 6.92 Å². The molecule has 82 valence electrons. The number of rotatable bonds is 4. The zero-order valence-corrected chi connectivity index (χ0v) is 9.75. The van der Waals surface area contributed by atoms with Crippen LogP contribution >= 0.6 is 0 Å². The number of methoxy groups -OCH3 is 1. The van der Waals surface area contributed by atoms with Crippen molar-refractivity contribution in [3.63, 3.8) is 0 Å². The summed E-state index contributed by atoms with van der Waals surface area (Å²) < 4.78 is 5.18. The molecule has 0 amide bonds. The smallest absolute Gasteiger partial charge is 0.139 e. The van der Waals surface area contributed by atoms with Crippen LogP contribution in [0.4, 0.5) is 0 Å². The van der Waals surface area contributed by atoms with E-state index in [9.17, 15) is 4.79 Å². The van der Waals surface area contributed by atoms with Gasteiger partial charge in [0.15, 0.2) is 0 Å². The first kappa shape index (κ1) is 11.7. The summed E-state index contributed by atoms with van der Waals surface area (Å²) in [6.07, 6.45) is 2.33. The van der Waals surface area contributed by atoms with E-state index >= 15 is 0 Å². The Hall–Kier alpha value is -0.370. The zero-order valence-electron chi connectivity index (χ0n) is 9.75. The van der Waals surface area contributed by atoms with E-state index in [-0.39, 0.29) is 11.8 Å². The Balaban J connectivity index is 2.66. The molecule has 0 heterocycles. The maximum atomic E-state index is 12.0. The molecular formula is C12H22O2. The molecule has 1 rings (SSSR count). The lowest BCUT2D eigenvalue weighted by Gasteiger charge is -2.22. The molecule has 3 atom stereocenters. The van der Waals surface area contributed by atoms with Gasteiger partial charge in [-0.25, -0.2) is 0 Å². The van der Waals surface area contributed by atoms with E-state index in [0.29, 0.717) is 17.6 Å². The highest BCUT2D eigenvalue weighted by molar-refractivity contribution is 5.83. The van der Waals surface area contributed by atoms with E-state index < -0.39 is 0 Å². The molecule has 0 N–H and O–H groups in total. The number of ether oxygens (including phenoxy) is 1. The third kappa shape index (κ3) is 2.35. The van der Waals surface area contributed by atoms with Gasteiger partial charge in [-0.15, -0.1) is 0 Å². The summed E-state index contributed by atoms with van der Waals surface area (Å²) in [6.45, 7) is 6.93. The van der Waals surface area contributed by atoms with Crippen molar-refractivity contribution in [3.8, 4) is 0 Å². The monoisotopic (exact) mass is 198 g/mol. The number of Topliss-reactive ketones (excluding diaryl/α,β-unsaturated/α-hetero) is 1. The Morgan fingerprint density at radius 1 is 1.43 bits per heavy atom. The predicted molar refractivity (Wildman–Crippen MR) is 57.1 cm³/mol. The van der Waals surface area contributed by atoms with Crippen molar-refractivity contribution < 1.29 is 9.53 Å². The largest absolute Gasteiger partial charge is 0.384 e. The fourth-order valence-corrected chi connectivity index (χ4v) is 2.60. The molecule has 0 spiro atoms. The van der Waals surface area contributed by atoms with Crippen LogP contribution in [0.5, 0.6) is 0 Å². The van der Waals surface area contributed by atoms with Gasteiger partial charge in [-0.1, -0.05) is 20.8 Å². The molecule has 0 aromatic heterocycles. The van der Waals surface area contributed by atoms with Crippen LogP contribution in [0.15, 0.2) is 0 Å². The van der Waals surface area contributed by atoms with E-state index in [1.165, 1.54) is 6.42 Å². The number of hydrogen-bond donors (Lipinski definition) is 0. The average Bonchev–Trinajstić information content (AvgIpc) is 2.47. The molecule has 0 saturated heterocycles. The summed E-state index contributed by atoms with van der Waals surface area (Å²) in [5.41, 5.74) is 0. The lowest BCUT2D eigenvalue weighted by Crippen LogP contribution is -2.29. The van der Waals surface area contributed by atoms with Crippen LogP contribution in [-0.4, -0.2) is 19.5 Å². The maximum absolute atomic E-state index is 12.0. The van der Waals surface area contributed by atoms with Crippen LogP contribution in [0.3, 0.4) is 0 Å². The highest BCUT2D eigenvalue weighted by atomic mass is 16.5. The van der Waals surface area contributed by atoms with Gasteiger partial charge in [0, 0.05) is 25.6 Å². The second kappa shape index (κ2) is 4.92. The van der Waals surface area contributed by atoms with Gasteiger partial charge < -0.3 is 4.74 Å². The Kier molecular flexibility index (Phi) is 4.11. The molecule has 0 radical (unpaired) electrons. The lowest BCUT2D eigenvalue weighted by atomic mass is 9.82. The maximum Gasteiger partial charge on any atom is 0.139 e. The molecular weight excluding hydrogens is 176 g/mol. The molecule has 1 saturated carbocycles. The number of hydrogen-bond acceptors (Lipinski definition) is 2. The van der Waals surface area contributed by atoms with Crippen molar-refractivity contribution in [1.82, 2.24) is 0 Å². The van der Waals surface area contributed by atoms with Gasteiger partial charge in [0.05, 0.1) is 0 Å². The lowest BCUT2D eigenvalue weighted by molar-refractivity contribution is -0.128. The first-order chi connectivity index (χ1) is 6.57. The fourth-order valence-electron chi connectivity index (χ4n) is 2.60. The summed E-state index contributed by atoms with van der Waals surface area (Å²) in [5, 5.41) is 0. The van der Waals surface area contributed by atoms with Crippen molar-refractivity contribution in [2.45, 2.75) is 33.6 Å². The van der Waals surface area contributed by atoms with Crippen LogP contribution in [0.25, 0.3) is 0 Å². The molecule has 3 unspecified atom stereocenters. The Bertz CT molecular complexity index is 196. The molecule has 2 nitrogen and oxygen atoms in total. The third-order valence-electron chi connectivity index (χ3n) is 3.39. The van der Waals surface area contributed by atoms with E-state index in [1.54, 1.807) is 7.11 Å². The standard InChI is InChI=1S/C12H22O2/c1-8(2)12(13)11-9(3)5-6-10(11)7-14-4/h8-11H,5-7H2,1-4H3. The van der Waals surface area contributed by atoms with Crippen molar-refractivity contribution in [1.29, 1.82) is 0 Å². The van der Waals surface area contributed by atoms with Crippen LogP contribution in [0.1, 0.15) is 33.6 Å². The quantitative estimate of drug-likeness (QED) is 0.694. The third-order valence-corrected chi connectivity index (χ3v) is 3.39. The van der Waals surface area contributed by atoms with Crippen LogP contribution in [-0.2, 0) is 9.53 Å². The highest BCUT2D eigenvalue weighted by Crippen LogP contribution is 2.38. The van der Waals surface area contributed by atoms with E-state index in [1.807, 2.05) is 13.8 Å². The summed E-state index contributed by atoms with van der Waals surface area (Å²) >= 11 is 0. The average molecular weight is 198 g/mol. The molecule has 1 aliphatic rings. The second-order valence-electron chi connectivity index (χ2n) is 4.85. The first-order valence-corrected chi connectivity index (χ1v) is 5.60. The Morgan fingerprint density at radius 3 is 2.57 bits per heavy atom.